The fourth-order valence-electron chi connectivity index (χ4n) is 3.90. The molecule has 3 aromatic carbocycles. The minimum absolute atomic E-state index is 0.0335. The van der Waals surface area contributed by atoms with Crippen LogP contribution in [0.1, 0.15) is 52.3 Å². The molecule has 0 aliphatic rings. The molecule has 4 rings (SSSR count). The molecule has 1 aromatic heterocycles. The molecule has 0 saturated heterocycles. The van der Waals surface area contributed by atoms with E-state index in [1.807, 2.05) is 48.5 Å². The topological polar surface area (TPSA) is 46.9 Å². The fourth-order valence-corrected chi connectivity index (χ4v) is 4.10. The van der Waals surface area contributed by atoms with Gasteiger partial charge in [-0.05, 0) is 72.4 Å². The molecule has 1 heterocycles. The first-order valence-electron chi connectivity index (χ1n) is 11.4. The van der Waals surface area contributed by atoms with Crippen molar-refractivity contribution >= 4 is 28.5 Å². The van der Waals surface area contributed by atoms with Crippen molar-refractivity contribution in [2.24, 2.45) is 5.92 Å². The SMILES string of the molecule is Cc1cc2nc(Cc3ccccc3Cl)n(Cc3ccc(C(=O)NCC(C)C)cc3)c2cc1C. The summed E-state index contributed by atoms with van der Waals surface area (Å²) in [5.41, 5.74) is 7.43. The summed E-state index contributed by atoms with van der Waals surface area (Å²) < 4.78 is 2.26. The molecule has 0 aliphatic heterocycles. The van der Waals surface area contributed by atoms with Gasteiger partial charge in [-0.2, -0.15) is 0 Å². The number of hydrogen-bond acceptors (Lipinski definition) is 2. The van der Waals surface area contributed by atoms with Crippen molar-refractivity contribution in [3.8, 4) is 0 Å². The highest BCUT2D eigenvalue weighted by atomic mass is 35.5. The Morgan fingerprint density at radius 2 is 1.73 bits per heavy atom. The minimum atomic E-state index is -0.0335. The maximum absolute atomic E-state index is 12.4. The average Bonchev–Trinajstić information content (AvgIpc) is 3.10. The van der Waals surface area contributed by atoms with E-state index in [4.69, 9.17) is 16.6 Å². The van der Waals surface area contributed by atoms with E-state index < -0.39 is 0 Å². The lowest BCUT2D eigenvalue weighted by molar-refractivity contribution is 0.0949. The third kappa shape index (κ3) is 5.28. The minimum Gasteiger partial charge on any atom is -0.352 e. The van der Waals surface area contributed by atoms with Gasteiger partial charge in [-0.15, -0.1) is 0 Å². The zero-order valence-electron chi connectivity index (χ0n) is 19.7. The molecule has 1 amide bonds. The molecule has 33 heavy (non-hydrogen) atoms. The van der Waals surface area contributed by atoms with Crippen molar-refractivity contribution in [1.29, 1.82) is 0 Å². The standard InChI is InChI=1S/C28H30ClN3O/c1-18(2)16-30-28(33)22-11-9-21(10-12-22)17-32-26-14-20(4)19(3)13-25(26)31-27(32)15-23-7-5-6-8-24(23)29/h5-14,18H,15-17H2,1-4H3,(H,30,33). The smallest absolute Gasteiger partial charge is 0.251 e. The van der Waals surface area contributed by atoms with E-state index in [-0.39, 0.29) is 5.91 Å². The molecule has 0 spiro atoms. The van der Waals surface area contributed by atoms with E-state index >= 15 is 0 Å². The lowest BCUT2D eigenvalue weighted by atomic mass is 10.1. The Kier molecular flexibility index (Phi) is 6.85. The van der Waals surface area contributed by atoms with Crippen LogP contribution in [0.25, 0.3) is 11.0 Å². The monoisotopic (exact) mass is 459 g/mol. The molecule has 5 heteroatoms. The van der Waals surface area contributed by atoms with Crippen molar-refractivity contribution < 1.29 is 4.79 Å². The van der Waals surface area contributed by atoms with E-state index in [9.17, 15) is 4.79 Å². The van der Waals surface area contributed by atoms with E-state index in [0.717, 1.165) is 33.0 Å². The van der Waals surface area contributed by atoms with Gasteiger partial charge in [0.2, 0.25) is 0 Å². The fraction of sp³-hybridized carbons (Fsp3) is 0.286. The number of aryl methyl sites for hydroxylation is 2. The van der Waals surface area contributed by atoms with Crippen LogP contribution in [0.15, 0.2) is 60.7 Å². The number of fused-ring (bicyclic) bond motifs is 1. The van der Waals surface area contributed by atoms with Crippen LogP contribution in [0.3, 0.4) is 0 Å². The lowest BCUT2D eigenvalue weighted by Gasteiger charge is -2.12. The van der Waals surface area contributed by atoms with E-state index in [2.05, 4.69) is 49.7 Å². The predicted octanol–water partition coefficient (Wildman–Crippen LogP) is 6.33. The van der Waals surface area contributed by atoms with E-state index in [0.29, 0.717) is 31.0 Å². The highest BCUT2D eigenvalue weighted by Gasteiger charge is 2.15. The highest BCUT2D eigenvalue weighted by molar-refractivity contribution is 6.31. The summed E-state index contributed by atoms with van der Waals surface area (Å²) in [6.07, 6.45) is 0.655. The summed E-state index contributed by atoms with van der Waals surface area (Å²) in [6.45, 7) is 9.76. The van der Waals surface area contributed by atoms with Gasteiger partial charge in [-0.1, -0.05) is 55.8 Å². The van der Waals surface area contributed by atoms with Crippen molar-refractivity contribution in [1.82, 2.24) is 14.9 Å². The first-order valence-corrected chi connectivity index (χ1v) is 11.8. The Bertz CT molecular complexity index is 1290. The van der Waals surface area contributed by atoms with Crippen LogP contribution >= 0.6 is 11.6 Å². The second-order valence-electron chi connectivity index (χ2n) is 9.11. The maximum Gasteiger partial charge on any atom is 0.251 e. The van der Waals surface area contributed by atoms with Crippen LogP contribution in [0.2, 0.25) is 5.02 Å². The lowest BCUT2D eigenvalue weighted by Crippen LogP contribution is -2.27. The Hall–Kier alpha value is -3.11. The second-order valence-corrected chi connectivity index (χ2v) is 9.52. The van der Waals surface area contributed by atoms with Crippen LogP contribution in [0.4, 0.5) is 0 Å². The molecule has 4 nitrogen and oxygen atoms in total. The molecule has 0 fully saturated rings. The maximum atomic E-state index is 12.4. The Morgan fingerprint density at radius 1 is 1.03 bits per heavy atom. The van der Waals surface area contributed by atoms with Gasteiger partial charge in [0.15, 0.2) is 0 Å². The summed E-state index contributed by atoms with van der Waals surface area (Å²) in [5.74, 6) is 1.36. The van der Waals surface area contributed by atoms with Crippen molar-refractivity contribution in [3.63, 3.8) is 0 Å². The van der Waals surface area contributed by atoms with Gasteiger partial charge in [0, 0.05) is 30.1 Å². The number of rotatable bonds is 7. The van der Waals surface area contributed by atoms with Crippen molar-refractivity contribution in [3.05, 3.63) is 99.3 Å². The Morgan fingerprint density at radius 3 is 2.42 bits per heavy atom. The van der Waals surface area contributed by atoms with Crippen LogP contribution < -0.4 is 5.32 Å². The molecular weight excluding hydrogens is 430 g/mol. The van der Waals surface area contributed by atoms with Crippen molar-refractivity contribution in [2.45, 2.75) is 40.7 Å². The summed E-state index contributed by atoms with van der Waals surface area (Å²) in [6, 6.07) is 20.1. The third-order valence-electron chi connectivity index (χ3n) is 5.98. The Balaban J connectivity index is 1.66. The van der Waals surface area contributed by atoms with Crippen LogP contribution in [-0.4, -0.2) is 22.0 Å². The van der Waals surface area contributed by atoms with Gasteiger partial charge in [-0.25, -0.2) is 4.98 Å². The molecule has 0 aliphatic carbocycles. The number of amides is 1. The number of carbonyl (C=O) groups excluding carboxylic acids is 1. The van der Waals surface area contributed by atoms with Crippen molar-refractivity contribution in [2.75, 3.05) is 6.54 Å². The van der Waals surface area contributed by atoms with Gasteiger partial charge < -0.3 is 9.88 Å². The van der Waals surface area contributed by atoms with Gasteiger partial charge in [0.05, 0.1) is 11.0 Å². The van der Waals surface area contributed by atoms with Gasteiger partial charge >= 0.3 is 0 Å². The summed E-state index contributed by atoms with van der Waals surface area (Å²) >= 11 is 6.45. The van der Waals surface area contributed by atoms with Crippen LogP contribution in [-0.2, 0) is 13.0 Å². The molecule has 1 N–H and O–H groups in total. The molecule has 170 valence electrons. The summed E-state index contributed by atoms with van der Waals surface area (Å²) in [7, 11) is 0. The number of imidazole rings is 1. The molecule has 4 aromatic rings. The predicted molar refractivity (Wildman–Crippen MR) is 136 cm³/mol. The van der Waals surface area contributed by atoms with Gasteiger partial charge in [0.1, 0.15) is 5.82 Å². The summed E-state index contributed by atoms with van der Waals surface area (Å²) in [4.78, 5) is 17.3. The van der Waals surface area contributed by atoms with E-state index in [1.165, 1.54) is 11.1 Å². The number of benzene rings is 3. The number of halogens is 1. The first-order chi connectivity index (χ1) is 15.8. The highest BCUT2D eigenvalue weighted by Crippen LogP contribution is 2.25. The number of carbonyl (C=O) groups is 1. The van der Waals surface area contributed by atoms with E-state index in [1.54, 1.807) is 0 Å². The molecule has 0 saturated carbocycles. The van der Waals surface area contributed by atoms with Crippen LogP contribution in [0.5, 0.6) is 0 Å². The first kappa shape index (κ1) is 23.1. The number of hydrogen-bond donors (Lipinski definition) is 1. The number of aromatic nitrogens is 2. The quantitative estimate of drug-likeness (QED) is 0.351. The summed E-state index contributed by atoms with van der Waals surface area (Å²) in [5, 5.41) is 3.72. The van der Waals surface area contributed by atoms with Gasteiger partial charge in [0.25, 0.3) is 5.91 Å². The van der Waals surface area contributed by atoms with Crippen LogP contribution in [0, 0.1) is 19.8 Å². The zero-order chi connectivity index (χ0) is 23.5. The molecule has 0 radical (unpaired) electrons. The average molecular weight is 460 g/mol. The second kappa shape index (κ2) is 9.80. The number of nitrogens with one attached hydrogen (secondary N) is 1. The Labute approximate surface area is 200 Å². The zero-order valence-corrected chi connectivity index (χ0v) is 20.4. The molecule has 0 bridgehead atoms. The number of nitrogens with zero attached hydrogens (tertiary/aromatic N) is 2. The molecule has 0 atom stereocenters. The molecular formula is C28H30ClN3O. The van der Waals surface area contributed by atoms with Gasteiger partial charge in [-0.3, -0.25) is 4.79 Å². The largest absolute Gasteiger partial charge is 0.352 e. The normalized spacial score (nSPS) is 11.3. The molecule has 0 unspecified atom stereocenters. The third-order valence-corrected chi connectivity index (χ3v) is 6.35.